The quantitative estimate of drug-likeness (QED) is 0.408. The van der Waals surface area contributed by atoms with Crippen LogP contribution < -0.4 is 9.64 Å². The lowest BCUT2D eigenvalue weighted by molar-refractivity contribution is 0.415. The zero-order valence-corrected chi connectivity index (χ0v) is 20.6. The lowest BCUT2D eigenvalue weighted by atomic mass is 10.1. The second-order valence-corrected chi connectivity index (χ2v) is 10.4. The van der Waals surface area contributed by atoms with Crippen LogP contribution in [0.3, 0.4) is 0 Å². The Morgan fingerprint density at radius 1 is 0.943 bits per heavy atom. The van der Waals surface area contributed by atoms with Crippen molar-refractivity contribution in [3.05, 3.63) is 66.6 Å². The molecule has 0 aliphatic carbocycles. The second kappa shape index (κ2) is 9.63. The smallest absolute Gasteiger partial charge is 0.254 e. The fourth-order valence-corrected chi connectivity index (χ4v) is 5.91. The molecule has 0 unspecified atom stereocenters. The lowest BCUT2D eigenvalue weighted by Gasteiger charge is -2.26. The Hall–Kier alpha value is -3.50. The maximum Gasteiger partial charge on any atom is 0.254 e. The van der Waals surface area contributed by atoms with Crippen molar-refractivity contribution in [1.82, 2.24) is 23.9 Å². The highest BCUT2D eigenvalue weighted by Gasteiger charge is 2.29. The third kappa shape index (κ3) is 4.46. The molecule has 0 bridgehead atoms. The van der Waals surface area contributed by atoms with Gasteiger partial charge in [-0.1, -0.05) is 31.2 Å². The first-order valence-electron chi connectivity index (χ1n) is 11.7. The molecule has 182 valence electrons. The van der Waals surface area contributed by atoms with Gasteiger partial charge in [0.1, 0.15) is 17.9 Å². The van der Waals surface area contributed by atoms with Gasteiger partial charge in [0.2, 0.25) is 10.0 Å². The molecule has 0 atom stereocenters. The number of hydrogen-bond donors (Lipinski definition) is 0. The molecule has 2 aromatic heterocycles. The fourth-order valence-electron chi connectivity index (χ4n) is 4.44. The maximum atomic E-state index is 13.4. The van der Waals surface area contributed by atoms with Crippen molar-refractivity contribution < 1.29 is 13.2 Å². The van der Waals surface area contributed by atoms with Gasteiger partial charge in [0.05, 0.1) is 12.0 Å². The van der Waals surface area contributed by atoms with Gasteiger partial charge in [0.25, 0.3) is 5.78 Å². The van der Waals surface area contributed by atoms with Gasteiger partial charge in [0, 0.05) is 37.9 Å². The summed E-state index contributed by atoms with van der Waals surface area (Å²) in [5.74, 6) is 2.12. The topological polar surface area (TPSA) is 92.9 Å². The third-order valence-electron chi connectivity index (χ3n) is 6.41. The Labute approximate surface area is 205 Å². The van der Waals surface area contributed by atoms with E-state index in [0.29, 0.717) is 43.3 Å². The van der Waals surface area contributed by atoms with E-state index in [0.717, 1.165) is 34.7 Å². The summed E-state index contributed by atoms with van der Waals surface area (Å²) in [5, 5.41) is 4.42. The second-order valence-electron chi connectivity index (χ2n) is 8.44. The average Bonchev–Trinajstić information content (AvgIpc) is 3.24. The Balaban J connectivity index is 1.46. The SMILES string of the molecule is CCc1ccc(S(=O)(=O)N2CCCN(c3c(-c4ccc(OC)cc4)cnc4ncnn34)CC2)cc1. The van der Waals surface area contributed by atoms with E-state index >= 15 is 0 Å². The molecule has 35 heavy (non-hydrogen) atoms. The van der Waals surface area contributed by atoms with Crippen molar-refractivity contribution in [2.45, 2.75) is 24.7 Å². The van der Waals surface area contributed by atoms with Crippen LogP contribution in [0.1, 0.15) is 18.9 Å². The Morgan fingerprint density at radius 3 is 2.43 bits per heavy atom. The molecule has 0 spiro atoms. The van der Waals surface area contributed by atoms with E-state index in [1.54, 1.807) is 34.3 Å². The molecular formula is C25H28N6O3S. The minimum absolute atomic E-state index is 0.338. The monoisotopic (exact) mass is 492 g/mol. The van der Waals surface area contributed by atoms with Crippen molar-refractivity contribution in [1.29, 1.82) is 0 Å². The van der Waals surface area contributed by atoms with Crippen LogP contribution in [-0.2, 0) is 16.4 Å². The molecule has 4 aromatic rings. The van der Waals surface area contributed by atoms with Gasteiger partial charge in [-0.05, 0) is 48.2 Å². The number of sulfonamides is 1. The minimum atomic E-state index is -3.57. The van der Waals surface area contributed by atoms with Gasteiger partial charge < -0.3 is 9.64 Å². The third-order valence-corrected chi connectivity index (χ3v) is 8.32. The fraction of sp³-hybridized carbons (Fsp3) is 0.320. The summed E-state index contributed by atoms with van der Waals surface area (Å²) in [6.45, 7) is 4.09. The number of fused-ring (bicyclic) bond motifs is 1. The van der Waals surface area contributed by atoms with Crippen molar-refractivity contribution in [3.8, 4) is 16.9 Å². The summed E-state index contributed by atoms with van der Waals surface area (Å²) < 4.78 is 35.3. The Morgan fingerprint density at radius 2 is 1.71 bits per heavy atom. The number of anilines is 1. The largest absolute Gasteiger partial charge is 0.497 e. The van der Waals surface area contributed by atoms with Crippen molar-refractivity contribution in [2.24, 2.45) is 0 Å². The molecule has 10 heteroatoms. The number of aromatic nitrogens is 4. The average molecular weight is 493 g/mol. The molecule has 1 fully saturated rings. The molecule has 1 aliphatic rings. The molecule has 1 aliphatic heterocycles. The number of nitrogens with zero attached hydrogens (tertiary/aromatic N) is 6. The van der Waals surface area contributed by atoms with Crippen molar-refractivity contribution in [3.63, 3.8) is 0 Å². The van der Waals surface area contributed by atoms with Crippen LogP contribution in [-0.4, -0.2) is 65.6 Å². The number of rotatable bonds is 6. The molecule has 0 N–H and O–H groups in total. The summed E-state index contributed by atoms with van der Waals surface area (Å²) in [5.41, 5.74) is 2.99. The number of ether oxygens (including phenoxy) is 1. The molecule has 3 heterocycles. The molecule has 5 rings (SSSR count). The highest BCUT2D eigenvalue weighted by Crippen LogP contribution is 2.32. The van der Waals surface area contributed by atoms with Crippen molar-refractivity contribution in [2.75, 3.05) is 38.2 Å². The van der Waals surface area contributed by atoms with E-state index in [-0.39, 0.29) is 0 Å². The van der Waals surface area contributed by atoms with Gasteiger partial charge in [0.15, 0.2) is 0 Å². The lowest BCUT2D eigenvalue weighted by Crippen LogP contribution is -2.35. The summed E-state index contributed by atoms with van der Waals surface area (Å²) in [4.78, 5) is 11.2. The first kappa shape index (κ1) is 23.3. The Kier molecular flexibility index (Phi) is 6.40. The van der Waals surface area contributed by atoms with Crippen LogP contribution in [0.5, 0.6) is 5.75 Å². The zero-order chi connectivity index (χ0) is 24.4. The minimum Gasteiger partial charge on any atom is -0.497 e. The summed E-state index contributed by atoms with van der Waals surface area (Å²) >= 11 is 0. The number of hydrogen-bond acceptors (Lipinski definition) is 7. The molecule has 1 saturated heterocycles. The predicted molar refractivity (Wildman–Crippen MR) is 134 cm³/mol. The predicted octanol–water partition coefficient (Wildman–Crippen LogP) is 3.26. The molecule has 0 saturated carbocycles. The van der Waals surface area contributed by atoms with Gasteiger partial charge >= 0.3 is 0 Å². The normalized spacial score (nSPS) is 15.3. The molecule has 2 aromatic carbocycles. The highest BCUT2D eigenvalue weighted by molar-refractivity contribution is 7.89. The van der Waals surface area contributed by atoms with E-state index in [4.69, 9.17) is 4.74 Å². The maximum absolute atomic E-state index is 13.4. The summed E-state index contributed by atoms with van der Waals surface area (Å²) in [7, 11) is -1.93. The van der Waals surface area contributed by atoms with Crippen LogP contribution in [0.15, 0.2) is 66.0 Å². The van der Waals surface area contributed by atoms with E-state index in [1.165, 1.54) is 6.33 Å². The first-order chi connectivity index (χ1) is 17.0. The van der Waals surface area contributed by atoms with E-state index in [9.17, 15) is 8.42 Å². The van der Waals surface area contributed by atoms with Gasteiger partial charge in [-0.3, -0.25) is 0 Å². The van der Waals surface area contributed by atoms with Gasteiger partial charge in [-0.15, -0.1) is 0 Å². The van der Waals surface area contributed by atoms with E-state index < -0.39 is 10.0 Å². The number of aryl methyl sites for hydroxylation is 1. The van der Waals surface area contributed by atoms with Crippen LogP contribution >= 0.6 is 0 Å². The van der Waals surface area contributed by atoms with Crippen molar-refractivity contribution >= 4 is 21.6 Å². The first-order valence-corrected chi connectivity index (χ1v) is 13.1. The van der Waals surface area contributed by atoms with Crippen LogP contribution in [0.25, 0.3) is 16.9 Å². The number of benzene rings is 2. The van der Waals surface area contributed by atoms with E-state index in [1.807, 2.05) is 36.4 Å². The van der Waals surface area contributed by atoms with Gasteiger partial charge in [-0.2, -0.15) is 18.9 Å². The Bertz CT molecular complexity index is 1420. The van der Waals surface area contributed by atoms with Crippen LogP contribution in [0, 0.1) is 0 Å². The molecular weight excluding hydrogens is 464 g/mol. The molecule has 0 radical (unpaired) electrons. The standard InChI is InChI=1S/C25H28N6O3S/c1-3-19-5-11-22(12-6-19)35(32,33)30-14-4-13-29(15-16-30)24-23(17-26-25-27-18-28-31(24)25)20-7-9-21(34-2)10-8-20/h5-12,17-18H,3-4,13-16H2,1-2H3. The van der Waals surface area contributed by atoms with Crippen LogP contribution in [0.4, 0.5) is 5.82 Å². The van der Waals surface area contributed by atoms with Gasteiger partial charge in [-0.25, -0.2) is 13.4 Å². The number of methoxy groups -OCH3 is 1. The highest BCUT2D eigenvalue weighted by atomic mass is 32.2. The van der Waals surface area contributed by atoms with Crippen LogP contribution in [0.2, 0.25) is 0 Å². The molecule has 9 nitrogen and oxygen atoms in total. The zero-order valence-electron chi connectivity index (χ0n) is 19.8. The summed E-state index contributed by atoms with van der Waals surface area (Å²) in [6, 6.07) is 15.0. The summed E-state index contributed by atoms with van der Waals surface area (Å²) in [6.07, 6.45) is 4.85. The van der Waals surface area contributed by atoms with E-state index in [2.05, 4.69) is 26.9 Å². The molecule has 0 amide bonds.